The molecule has 8 rings (SSSR count). The van der Waals surface area contributed by atoms with E-state index >= 15 is 0 Å². The lowest BCUT2D eigenvalue weighted by Crippen LogP contribution is -3.00. The quantitative estimate of drug-likeness (QED) is 0.0943. The van der Waals surface area contributed by atoms with Crippen molar-refractivity contribution in [3.63, 3.8) is 0 Å². The van der Waals surface area contributed by atoms with Gasteiger partial charge in [-0.25, -0.2) is 37.4 Å². The van der Waals surface area contributed by atoms with Crippen molar-refractivity contribution >= 4 is 46.1 Å². The van der Waals surface area contributed by atoms with Gasteiger partial charge < -0.3 is 39.2 Å². The number of benzene rings is 4. The van der Waals surface area contributed by atoms with Crippen LogP contribution in [-0.2, 0) is 9.47 Å². The number of aromatic nitrogens is 8. The SMILES string of the molecule is C.CC(C)OC(=O)Cl.CC(C)OC(=O)Nc1ccc(F)c(-c2nc3ncc(-c4ccccc4)cn3n2)c1.Nc1ccc(F)c(-c2nc3ncc(-c4ccccc4)cn3n2)c1.[I-]. The molecular weight excluding hydrogens is 921 g/mol. The smallest absolute Gasteiger partial charge is 0.411 e. The highest BCUT2D eigenvalue weighted by atomic mass is 127. The number of rotatable bonds is 7. The van der Waals surface area contributed by atoms with Gasteiger partial charge in [0.1, 0.15) is 11.6 Å². The van der Waals surface area contributed by atoms with Crippen LogP contribution in [-0.4, -0.2) is 62.9 Å². The Bertz CT molecular complexity index is 2720. The van der Waals surface area contributed by atoms with Crippen molar-refractivity contribution in [1.29, 1.82) is 0 Å². The predicted octanol–water partition coefficient (Wildman–Crippen LogP) is 7.14. The van der Waals surface area contributed by atoms with E-state index in [9.17, 15) is 18.4 Å². The molecule has 1 amide bonds. The average molecular weight is 962 g/mol. The number of carbonyl (C=O) groups is 2. The minimum atomic E-state index is -0.741. The van der Waals surface area contributed by atoms with Crippen LogP contribution in [0.5, 0.6) is 0 Å². The van der Waals surface area contributed by atoms with Crippen LogP contribution in [0.4, 0.5) is 29.7 Å². The Hall–Kier alpha value is -6.60. The summed E-state index contributed by atoms with van der Waals surface area (Å²) < 4.78 is 40.9. The Morgan fingerprint density at radius 1 is 0.672 bits per heavy atom. The summed E-state index contributed by atoms with van der Waals surface area (Å²) in [6, 6.07) is 28.0. The molecule has 0 unspecified atom stereocenters. The number of nitrogens with one attached hydrogen (secondary N) is 1. The fraction of sp³-hybridized carbons (Fsp3) is 0.163. The van der Waals surface area contributed by atoms with Crippen molar-refractivity contribution in [2.45, 2.75) is 47.3 Å². The molecule has 316 valence electrons. The van der Waals surface area contributed by atoms with E-state index in [1.807, 2.05) is 66.9 Å². The number of anilines is 2. The molecule has 0 aliphatic heterocycles. The fourth-order valence-corrected chi connectivity index (χ4v) is 5.57. The van der Waals surface area contributed by atoms with Gasteiger partial charge in [-0.3, -0.25) is 5.32 Å². The minimum absolute atomic E-state index is 0. The van der Waals surface area contributed by atoms with E-state index in [1.165, 1.54) is 40.9 Å². The summed E-state index contributed by atoms with van der Waals surface area (Å²) in [5.41, 5.74) is 10.00. The highest BCUT2D eigenvalue weighted by Crippen LogP contribution is 2.26. The number of nitrogen functional groups attached to an aromatic ring is 1. The van der Waals surface area contributed by atoms with Crippen molar-refractivity contribution < 1.29 is 51.8 Å². The van der Waals surface area contributed by atoms with Gasteiger partial charge in [-0.15, -0.1) is 10.2 Å². The van der Waals surface area contributed by atoms with Crippen LogP contribution < -0.4 is 35.0 Å². The number of amides is 1. The molecule has 4 aromatic heterocycles. The molecule has 0 fully saturated rings. The second-order valence-corrected chi connectivity index (χ2v) is 13.5. The molecule has 18 heteroatoms. The van der Waals surface area contributed by atoms with Crippen molar-refractivity contribution in [3.05, 3.63) is 133 Å². The van der Waals surface area contributed by atoms with Gasteiger partial charge in [0.2, 0.25) is 0 Å². The number of fused-ring (bicyclic) bond motifs is 2. The van der Waals surface area contributed by atoms with Gasteiger partial charge in [-0.05, 0) is 75.2 Å². The van der Waals surface area contributed by atoms with E-state index in [4.69, 9.17) is 22.1 Å². The second kappa shape index (κ2) is 21.6. The van der Waals surface area contributed by atoms with Crippen LogP contribution in [0.15, 0.2) is 122 Å². The number of nitrogens with zero attached hydrogens (tertiary/aromatic N) is 8. The Labute approximate surface area is 372 Å². The molecule has 14 nitrogen and oxygen atoms in total. The molecule has 0 bridgehead atoms. The highest BCUT2D eigenvalue weighted by Gasteiger charge is 2.16. The van der Waals surface area contributed by atoms with Crippen LogP contribution in [0.1, 0.15) is 35.1 Å². The maximum Gasteiger partial charge on any atom is 0.411 e. The Morgan fingerprint density at radius 2 is 1.13 bits per heavy atom. The van der Waals surface area contributed by atoms with E-state index in [-0.39, 0.29) is 66.4 Å². The molecule has 8 aromatic rings. The third kappa shape index (κ3) is 12.7. The summed E-state index contributed by atoms with van der Waals surface area (Å²) in [5, 5.41) is 11.2. The molecular formula is C43H41ClF2IN10O4-. The minimum Gasteiger partial charge on any atom is -1.00 e. The van der Waals surface area contributed by atoms with Gasteiger partial charge in [0.05, 0.1) is 23.3 Å². The van der Waals surface area contributed by atoms with Crippen LogP contribution >= 0.6 is 11.6 Å². The monoisotopic (exact) mass is 961 g/mol. The number of carbonyl (C=O) groups excluding carboxylic acids is 2. The Morgan fingerprint density at radius 3 is 1.57 bits per heavy atom. The normalized spacial score (nSPS) is 10.4. The van der Waals surface area contributed by atoms with E-state index < -0.39 is 23.2 Å². The molecule has 0 saturated carbocycles. The summed E-state index contributed by atoms with van der Waals surface area (Å²) in [7, 11) is 0. The lowest BCUT2D eigenvalue weighted by molar-refractivity contribution is -0.0000284. The van der Waals surface area contributed by atoms with E-state index in [0.29, 0.717) is 22.9 Å². The Kier molecular flexibility index (Phi) is 16.7. The number of hydrogen-bond acceptors (Lipinski definition) is 11. The molecule has 61 heavy (non-hydrogen) atoms. The number of ether oxygens (including phenoxy) is 2. The first-order valence-corrected chi connectivity index (χ1v) is 18.5. The zero-order valence-electron chi connectivity index (χ0n) is 32.5. The molecule has 4 heterocycles. The molecule has 4 aromatic carbocycles. The largest absolute Gasteiger partial charge is 1.00 e. The summed E-state index contributed by atoms with van der Waals surface area (Å²) >= 11 is 4.81. The first kappa shape index (κ1) is 47.1. The summed E-state index contributed by atoms with van der Waals surface area (Å²) in [6.07, 6.45) is 6.03. The molecule has 0 aliphatic carbocycles. The number of hydrogen-bond donors (Lipinski definition) is 2. The lowest BCUT2D eigenvalue weighted by atomic mass is 10.1. The highest BCUT2D eigenvalue weighted by molar-refractivity contribution is 6.61. The van der Waals surface area contributed by atoms with Crippen molar-refractivity contribution in [2.75, 3.05) is 11.1 Å². The molecule has 0 saturated heterocycles. The van der Waals surface area contributed by atoms with Gasteiger partial charge in [-0.1, -0.05) is 68.1 Å². The van der Waals surface area contributed by atoms with Crippen molar-refractivity contribution in [2.24, 2.45) is 0 Å². The third-order valence-electron chi connectivity index (χ3n) is 7.96. The molecule has 0 aliphatic rings. The Balaban J connectivity index is 0.000000230. The zero-order valence-corrected chi connectivity index (χ0v) is 35.4. The van der Waals surface area contributed by atoms with Gasteiger partial charge in [0, 0.05) is 58.9 Å². The first-order chi connectivity index (χ1) is 28.3. The molecule has 0 spiro atoms. The molecule has 0 radical (unpaired) electrons. The molecule has 3 N–H and O–H groups in total. The van der Waals surface area contributed by atoms with Gasteiger partial charge in [0.25, 0.3) is 11.6 Å². The topological polar surface area (TPSA) is 177 Å². The van der Waals surface area contributed by atoms with Crippen LogP contribution in [0.25, 0.3) is 56.6 Å². The van der Waals surface area contributed by atoms with E-state index in [2.05, 4.69) is 40.2 Å². The van der Waals surface area contributed by atoms with Gasteiger partial charge in [0.15, 0.2) is 11.6 Å². The van der Waals surface area contributed by atoms with E-state index in [0.717, 1.165) is 22.3 Å². The van der Waals surface area contributed by atoms with Crippen LogP contribution in [0.3, 0.4) is 0 Å². The maximum absolute atomic E-state index is 14.4. The number of halogens is 4. The third-order valence-corrected chi connectivity index (χ3v) is 8.05. The van der Waals surface area contributed by atoms with E-state index in [1.54, 1.807) is 50.8 Å². The number of nitrogens with two attached hydrogens (primary N) is 1. The zero-order chi connectivity index (χ0) is 42.1. The van der Waals surface area contributed by atoms with Gasteiger partial charge >= 0.3 is 11.5 Å². The van der Waals surface area contributed by atoms with Crippen molar-refractivity contribution in [1.82, 2.24) is 39.2 Å². The lowest BCUT2D eigenvalue weighted by Gasteiger charge is -2.10. The van der Waals surface area contributed by atoms with Crippen LogP contribution in [0.2, 0.25) is 0 Å². The first-order valence-electron chi connectivity index (χ1n) is 18.1. The molecule has 0 atom stereocenters. The van der Waals surface area contributed by atoms with Crippen molar-refractivity contribution in [3.8, 4) is 45.0 Å². The fourth-order valence-electron chi connectivity index (χ4n) is 5.39. The average Bonchev–Trinajstić information content (AvgIpc) is 3.84. The second-order valence-electron chi connectivity index (χ2n) is 13.2. The predicted molar refractivity (Wildman–Crippen MR) is 227 cm³/mol. The summed E-state index contributed by atoms with van der Waals surface area (Å²) in [6.45, 7) is 6.96. The standard InChI is InChI=1S/C21H18FN5O2.C17H12FN5.C4H7ClO2.CH4.HI/c1-13(2)29-21(28)24-16-8-9-18(22)17(10-16)19-25-20-23-11-15(12-27(20)26-19)14-6-4-3-5-7-14;18-15-7-6-13(19)8-14(15)16-21-17-20-9-12(10-23(17)22-16)11-4-2-1-3-5-11;1-3(2)7-4(5)6;;/h3-13H,1-2H3,(H,24,28);1-10H,19H2;3H,1-2H3;1H4;1H/p-1. The van der Waals surface area contributed by atoms with Crippen LogP contribution in [0, 0.1) is 11.6 Å². The summed E-state index contributed by atoms with van der Waals surface area (Å²) in [4.78, 5) is 38.8. The summed E-state index contributed by atoms with van der Waals surface area (Å²) in [5.74, 6) is 0.247. The maximum atomic E-state index is 14.4. The van der Waals surface area contributed by atoms with Gasteiger partial charge in [-0.2, -0.15) is 9.97 Å².